The maximum absolute atomic E-state index is 11.6. The first kappa shape index (κ1) is 10.9. The quantitative estimate of drug-likeness (QED) is 0.776. The molecule has 0 radical (unpaired) electrons. The average Bonchev–Trinajstić information content (AvgIpc) is 2.09. The van der Waals surface area contributed by atoms with Crippen LogP contribution >= 0.6 is 11.6 Å². The molecule has 0 atom stereocenters. The second kappa shape index (κ2) is 3.88. The van der Waals surface area contributed by atoms with Crippen LogP contribution in [0.3, 0.4) is 0 Å². The summed E-state index contributed by atoms with van der Waals surface area (Å²) in [6.45, 7) is 1.70. The fourth-order valence-corrected chi connectivity index (χ4v) is 1.41. The molecule has 1 N–H and O–H groups in total. The van der Waals surface area contributed by atoms with Gasteiger partial charge in [0.15, 0.2) is 0 Å². The third-order valence-electron chi connectivity index (χ3n) is 1.90. The molecule has 0 heterocycles. The van der Waals surface area contributed by atoms with Gasteiger partial charge in [-0.15, -0.1) is 0 Å². The van der Waals surface area contributed by atoms with Gasteiger partial charge in [0, 0.05) is 19.1 Å². The summed E-state index contributed by atoms with van der Waals surface area (Å²) in [4.78, 5) is 13.0. The third kappa shape index (κ3) is 1.99. The monoisotopic (exact) mass is 213 g/mol. The normalized spacial score (nSPS) is 10.0. The summed E-state index contributed by atoms with van der Waals surface area (Å²) in [7, 11) is 3.25. The molecule has 0 saturated heterocycles. The number of aryl methyl sites for hydroxylation is 1. The number of carbonyl (C=O) groups is 1. The molecular formula is C10H12ClNO2. The summed E-state index contributed by atoms with van der Waals surface area (Å²) in [6, 6.07) is 3.08. The van der Waals surface area contributed by atoms with Crippen LogP contribution in [0.2, 0.25) is 5.02 Å². The molecule has 0 saturated carbocycles. The van der Waals surface area contributed by atoms with Gasteiger partial charge < -0.3 is 10.0 Å². The fraction of sp³-hybridized carbons (Fsp3) is 0.300. The number of carbonyl (C=O) groups excluding carboxylic acids is 1. The predicted octanol–water partition coefficient (Wildman–Crippen LogP) is 2.06. The molecule has 3 nitrogen and oxygen atoms in total. The highest BCUT2D eigenvalue weighted by Gasteiger charge is 2.15. The van der Waals surface area contributed by atoms with E-state index in [1.807, 2.05) is 0 Å². The lowest BCUT2D eigenvalue weighted by atomic mass is 10.1. The van der Waals surface area contributed by atoms with Gasteiger partial charge in [-0.2, -0.15) is 0 Å². The van der Waals surface area contributed by atoms with E-state index in [1.165, 1.54) is 11.0 Å². The highest BCUT2D eigenvalue weighted by molar-refractivity contribution is 6.31. The Morgan fingerprint density at radius 3 is 2.50 bits per heavy atom. The van der Waals surface area contributed by atoms with Crippen LogP contribution in [-0.4, -0.2) is 30.0 Å². The maximum Gasteiger partial charge on any atom is 0.257 e. The van der Waals surface area contributed by atoms with Crippen molar-refractivity contribution in [2.45, 2.75) is 6.92 Å². The Hall–Kier alpha value is -1.22. The van der Waals surface area contributed by atoms with E-state index in [0.717, 1.165) is 0 Å². The summed E-state index contributed by atoms with van der Waals surface area (Å²) in [6.07, 6.45) is 0. The Kier molecular flexibility index (Phi) is 3.01. The largest absolute Gasteiger partial charge is 0.507 e. The highest BCUT2D eigenvalue weighted by atomic mass is 35.5. The van der Waals surface area contributed by atoms with Crippen molar-refractivity contribution in [3.63, 3.8) is 0 Å². The van der Waals surface area contributed by atoms with E-state index in [-0.39, 0.29) is 17.2 Å². The first-order valence-electron chi connectivity index (χ1n) is 4.14. The minimum Gasteiger partial charge on any atom is -0.507 e. The van der Waals surface area contributed by atoms with Crippen LogP contribution < -0.4 is 0 Å². The fourth-order valence-electron chi connectivity index (χ4n) is 1.14. The number of halogens is 1. The van der Waals surface area contributed by atoms with E-state index >= 15 is 0 Å². The number of nitrogens with zero attached hydrogens (tertiary/aromatic N) is 1. The van der Waals surface area contributed by atoms with Gasteiger partial charge in [-0.25, -0.2) is 0 Å². The van der Waals surface area contributed by atoms with Crippen molar-refractivity contribution in [2.75, 3.05) is 14.1 Å². The number of phenols is 1. The SMILES string of the molecule is Cc1cc(Cl)cc(C(=O)N(C)C)c1O. The van der Waals surface area contributed by atoms with Gasteiger partial charge >= 0.3 is 0 Å². The smallest absolute Gasteiger partial charge is 0.257 e. The molecule has 1 amide bonds. The number of rotatable bonds is 1. The molecule has 0 spiro atoms. The number of benzene rings is 1. The van der Waals surface area contributed by atoms with Crippen molar-refractivity contribution in [1.29, 1.82) is 0 Å². The number of amides is 1. The van der Waals surface area contributed by atoms with Crippen LogP contribution in [0.1, 0.15) is 15.9 Å². The molecule has 1 aromatic rings. The molecule has 0 aliphatic heterocycles. The standard InChI is InChI=1S/C10H12ClNO2/c1-6-4-7(11)5-8(9(6)13)10(14)12(2)3/h4-5,13H,1-3H3. The van der Waals surface area contributed by atoms with Crippen LogP contribution in [-0.2, 0) is 0 Å². The molecule has 0 aliphatic carbocycles. The predicted molar refractivity (Wildman–Crippen MR) is 55.9 cm³/mol. The van der Waals surface area contributed by atoms with E-state index in [2.05, 4.69) is 0 Å². The molecule has 1 rings (SSSR count). The van der Waals surface area contributed by atoms with Crippen molar-refractivity contribution in [3.05, 3.63) is 28.3 Å². The maximum atomic E-state index is 11.6. The van der Waals surface area contributed by atoms with E-state index in [4.69, 9.17) is 11.6 Å². The Bertz CT molecular complexity index is 375. The van der Waals surface area contributed by atoms with E-state index in [1.54, 1.807) is 27.1 Å². The summed E-state index contributed by atoms with van der Waals surface area (Å²) in [5.74, 6) is -0.263. The number of phenolic OH excluding ortho intramolecular Hbond substituents is 1. The Balaban J connectivity index is 3.27. The second-order valence-corrected chi connectivity index (χ2v) is 3.75. The zero-order valence-electron chi connectivity index (χ0n) is 8.34. The topological polar surface area (TPSA) is 40.5 Å². The third-order valence-corrected chi connectivity index (χ3v) is 2.12. The Labute approximate surface area is 87.9 Å². The molecule has 0 bridgehead atoms. The van der Waals surface area contributed by atoms with Crippen molar-refractivity contribution in [2.24, 2.45) is 0 Å². The first-order valence-corrected chi connectivity index (χ1v) is 4.52. The van der Waals surface area contributed by atoms with Crippen LogP contribution in [0.4, 0.5) is 0 Å². The number of aromatic hydroxyl groups is 1. The molecule has 0 aromatic heterocycles. The highest BCUT2D eigenvalue weighted by Crippen LogP contribution is 2.26. The molecule has 1 aromatic carbocycles. The van der Waals surface area contributed by atoms with Crippen LogP contribution in [0.25, 0.3) is 0 Å². The lowest BCUT2D eigenvalue weighted by Crippen LogP contribution is -2.21. The lowest BCUT2D eigenvalue weighted by Gasteiger charge is -2.12. The van der Waals surface area contributed by atoms with Gasteiger partial charge in [0.05, 0.1) is 5.56 Å². The minimum atomic E-state index is -0.256. The van der Waals surface area contributed by atoms with E-state index < -0.39 is 0 Å². The van der Waals surface area contributed by atoms with Crippen molar-refractivity contribution in [3.8, 4) is 5.75 Å². The van der Waals surface area contributed by atoms with E-state index in [9.17, 15) is 9.90 Å². The molecule has 0 fully saturated rings. The van der Waals surface area contributed by atoms with Crippen molar-refractivity contribution in [1.82, 2.24) is 4.90 Å². The molecule has 0 aliphatic rings. The molecule has 76 valence electrons. The summed E-state index contributed by atoms with van der Waals surface area (Å²) < 4.78 is 0. The average molecular weight is 214 g/mol. The summed E-state index contributed by atoms with van der Waals surface area (Å²) in [5, 5.41) is 10.1. The molecule has 14 heavy (non-hydrogen) atoms. The van der Waals surface area contributed by atoms with Gasteiger partial charge in [-0.3, -0.25) is 4.79 Å². The summed E-state index contributed by atoms with van der Waals surface area (Å²) >= 11 is 5.79. The Morgan fingerprint density at radius 2 is 2.00 bits per heavy atom. The van der Waals surface area contributed by atoms with Gasteiger partial charge in [0.1, 0.15) is 5.75 Å². The minimum absolute atomic E-state index is 0.00639. The van der Waals surface area contributed by atoms with Gasteiger partial charge in [-0.1, -0.05) is 11.6 Å². The number of hydrogen-bond donors (Lipinski definition) is 1. The van der Waals surface area contributed by atoms with Crippen LogP contribution in [0, 0.1) is 6.92 Å². The second-order valence-electron chi connectivity index (χ2n) is 3.32. The lowest BCUT2D eigenvalue weighted by molar-refractivity contribution is 0.0824. The molecule has 4 heteroatoms. The van der Waals surface area contributed by atoms with Gasteiger partial charge in [0.25, 0.3) is 5.91 Å². The van der Waals surface area contributed by atoms with E-state index in [0.29, 0.717) is 10.6 Å². The first-order chi connectivity index (χ1) is 6.43. The van der Waals surface area contributed by atoms with Gasteiger partial charge in [0.2, 0.25) is 0 Å². The Morgan fingerprint density at radius 1 is 1.43 bits per heavy atom. The van der Waals surface area contributed by atoms with Crippen LogP contribution in [0.5, 0.6) is 5.75 Å². The van der Waals surface area contributed by atoms with Crippen LogP contribution in [0.15, 0.2) is 12.1 Å². The molecular weight excluding hydrogens is 202 g/mol. The van der Waals surface area contributed by atoms with Crippen molar-refractivity contribution >= 4 is 17.5 Å². The van der Waals surface area contributed by atoms with Crippen molar-refractivity contribution < 1.29 is 9.90 Å². The zero-order valence-corrected chi connectivity index (χ0v) is 9.09. The number of hydrogen-bond acceptors (Lipinski definition) is 2. The molecule has 0 unspecified atom stereocenters. The van der Waals surface area contributed by atoms with Gasteiger partial charge in [-0.05, 0) is 24.6 Å². The zero-order chi connectivity index (χ0) is 10.9. The summed E-state index contributed by atoms with van der Waals surface area (Å²) in [5.41, 5.74) is 0.836.